The molecule has 0 aromatic carbocycles. The van der Waals surface area contributed by atoms with Gasteiger partial charge in [-0.25, -0.2) is 9.97 Å². The smallest absolute Gasteiger partial charge is 0.157 e. The molecular formula is C8H3ClIN3. The van der Waals surface area contributed by atoms with Gasteiger partial charge in [-0.3, -0.25) is 4.40 Å². The Balaban J connectivity index is 2.73. The van der Waals surface area contributed by atoms with E-state index in [-0.39, 0.29) is 0 Å². The van der Waals surface area contributed by atoms with Crippen LogP contribution in [0.25, 0.3) is 16.8 Å². The van der Waals surface area contributed by atoms with Crippen LogP contribution in [-0.4, -0.2) is 14.4 Å². The third-order valence-corrected chi connectivity index (χ3v) is 3.13. The SMILES string of the molecule is Clc1nc2ccc(I)c3ncc1n23. The summed E-state index contributed by atoms with van der Waals surface area (Å²) < 4.78 is 3.07. The molecule has 0 spiro atoms. The Kier molecular flexibility index (Phi) is 1.46. The molecule has 3 aromatic heterocycles. The maximum Gasteiger partial charge on any atom is 0.157 e. The number of aromatic nitrogens is 3. The summed E-state index contributed by atoms with van der Waals surface area (Å²) in [6, 6.07) is 3.93. The van der Waals surface area contributed by atoms with E-state index in [1.807, 2.05) is 16.5 Å². The summed E-state index contributed by atoms with van der Waals surface area (Å²) >= 11 is 8.17. The Morgan fingerprint density at radius 2 is 2.23 bits per heavy atom. The fourth-order valence-electron chi connectivity index (χ4n) is 1.44. The van der Waals surface area contributed by atoms with Gasteiger partial charge in [-0.2, -0.15) is 0 Å². The van der Waals surface area contributed by atoms with E-state index in [0.717, 1.165) is 20.4 Å². The summed E-state index contributed by atoms with van der Waals surface area (Å²) in [4.78, 5) is 8.47. The molecular weight excluding hydrogens is 300 g/mol. The molecule has 0 radical (unpaired) electrons. The molecule has 0 amide bonds. The predicted octanol–water partition coefficient (Wildman–Crippen LogP) is 2.58. The first-order valence-electron chi connectivity index (χ1n) is 3.68. The van der Waals surface area contributed by atoms with Gasteiger partial charge in [0.1, 0.15) is 11.2 Å². The molecule has 13 heavy (non-hydrogen) atoms. The molecule has 0 saturated heterocycles. The second-order valence-electron chi connectivity index (χ2n) is 2.74. The Morgan fingerprint density at radius 3 is 3.08 bits per heavy atom. The van der Waals surface area contributed by atoms with Crippen molar-refractivity contribution in [1.82, 2.24) is 14.4 Å². The van der Waals surface area contributed by atoms with Gasteiger partial charge in [0.05, 0.1) is 9.77 Å². The average molecular weight is 303 g/mol. The highest BCUT2D eigenvalue weighted by molar-refractivity contribution is 14.1. The lowest BCUT2D eigenvalue weighted by Crippen LogP contribution is -1.86. The summed E-state index contributed by atoms with van der Waals surface area (Å²) in [6.45, 7) is 0. The quantitative estimate of drug-likeness (QED) is 0.598. The lowest BCUT2D eigenvalue weighted by molar-refractivity contribution is 1.25. The number of hydrogen-bond acceptors (Lipinski definition) is 2. The van der Waals surface area contributed by atoms with Crippen molar-refractivity contribution in [3.8, 4) is 0 Å². The monoisotopic (exact) mass is 303 g/mol. The first-order valence-corrected chi connectivity index (χ1v) is 5.13. The predicted molar refractivity (Wildman–Crippen MR) is 59.4 cm³/mol. The highest BCUT2D eigenvalue weighted by Crippen LogP contribution is 2.24. The molecule has 3 heterocycles. The Morgan fingerprint density at radius 1 is 1.38 bits per heavy atom. The average Bonchev–Trinajstić information content (AvgIpc) is 2.64. The van der Waals surface area contributed by atoms with Crippen LogP contribution in [0.5, 0.6) is 0 Å². The molecule has 0 aliphatic heterocycles. The molecule has 0 atom stereocenters. The molecule has 0 bridgehead atoms. The molecule has 0 aliphatic carbocycles. The number of rotatable bonds is 0. The van der Waals surface area contributed by atoms with Crippen LogP contribution in [0.4, 0.5) is 0 Å². The van der Waals surface area contributed by atoms with E-state index in [9.17, 15) is 0 Å². The van der Waals surface area contributed by atoms with Gasteiger partial charge in [-0.15, -0.1) is 0 Å². The van der Waals surface area contributed by atoms with Crippen molar-refractivity contribution in [2.75, 3.05) is 0 Å². The van der Waals surface area contributed by atoms with Crippen molar-refractivity contribution < 1.29 is 0 Å². The molecule has 3 nitrogen and oxygen atoms in total. The van der Waals surface area contributed by atoms with Crippen LogP contribution in [0.1, 0.15) is 0 Å². The third kappa shape index (κ3) is 0.899. The maximum atomic E-state index is 5.93. The van der Waals surface area contributed by atoms with Crippen molar-refractivity contribution in [2.24, 2.45) is 0 Å². The molecule has 3 rings (SSSR count). The number of halogens is 2. The normalized spacial score (nSPS) is 11.8. The zero-order chi connectivity index (χ0) is 9.00. The van der Waals surface area contributed by atoms with Crippen LogP contribution in [0.15, 0.2) is 18.3 Å². The van der Waals surface area contributed by atoms with E-state index < -0.39 is 0 Å². The second kappa shape index (κ2) is 2.45. The Hall–Kier alpha value is -0.620. The molecule has 5 heteroatoms. The van der Waals surface area contributed by atoms with Crippen LogP contribution in [0, 0.1) is 3.57 Å². The van der Waals surface area contributed by atoms with Gasteiger partial charge in [0.25, 0.3) is 0 Å². The van der Waals surface area contributed by atoms with Crippen molar-refractivity contribution in [2.45, 2.75) is 0 Å². The van der Waals surface area contributed by atoms with Crippen molar-refractivity contribution >= 4 is 51.0 Å². The largest absolute Gasteiger partial charge is 0.273 e. The zero-order valence-electron chi connectivity index (χ0n) is 6.33. The van der Waals surface area contributed by atoms with Gasteiger partial charge in [-0.1, -0.05) is 11.6 Å². The van der Waals surface area contributed by atoms with Gasteiger partial charge < -0.3 is 0 Å². The lowest BCUT2D eigenvalue weighted by atomic mass is 10.4. The fourth-order valence-corrected chi connectivity index (χ4v) is 2.22. The second-order valence-corrected chi connectivity index (χ2v) is 4.26. The number of imidazole rings is 2. The zero-order valence-corrected chi connectivity index (χ0v) is 9.24. The summed E-state index contributed by atoms with van der Waals surface area (Å²) in [7, 11) is 0. The molecule has 0 fully saturated rings. The summed E-state index contributed by atoms with van der Waals surface area (Å²) in [5.41, 5.74) is 2.66. The summed E-state index contributed by atoms with van der Waals surface area (Å²) in [5.74, 6) is 0. The topological polar surface area (TPSA) is 30.2 Å². The Bertz CT molecular complexity index is 589. The highest BCUT2D eigenvalue weighted by Gasteiger charge is 2.12. The van der Waals surface area contributed by atoms with Crippen LogP contribution in [0.2, 0.25) is 5.15 Å². The fraction of sp³-hybridized carbons (Fsp3) is 0. The maximum absolute atomic E-state index is 5.93. The van der Waals surface area contributed by atoms with Crippen molar-refractivity contribution in [3.05, 3.63) is 27.1 Å². The minimum atomic E-state index is 0.518. The van der Waals surface area contributed by atoms with E-state index in [0.29, 0.717) is 5.15 Å². The van der Waals surface area contributed by atoms with E-state index in [1.165, 1.54) is 0 Å². The van der Waals surface area contributed by atoms with Crippen LogP contribution in [-0.2, 0) is 0 Å². The van der Waals surface area contributed by atoms with E-state index in [2.05, 4.69) is 32.6 Å². The van der Waals surface area contributed by atoms with E-state index in [1.54, 1.807) is 6.20 Å². The summed E-state index contributed by atoms with van der Waals surface area (Å²) in [6.07, 6.45) is 1.75. The van der Waals surface area contributed by atoms with Crippen LogP contribution < -0.4 is 0 Å². The number of hydrogen-bond donors (Lipinski definition) is 0. The van der Waals surface area contributed by atoms with E-state index in [4.69, 9.17) is 11.6 Å². The van der Waals surface area contributed by atoms with Crippen molar-refractivity contribution in [3.63, 3.8) is 0 Å². The minimum Gasteiger partial charge on any atom is -0.273 e. The molecule has 0 saturated carbocycles. The van der Waals surface area contributed by atoms with E-state index >= 15 is 0 Å². The molecule has 0 aliphatic rings. The van der Waals surface area contributed by atoms with Gasteiger partial charge >= 0.3 is 0 Å². The number of nitrogens with zero attached hydrogens (tertiary/aromatic N) is 3. The minimum absolute atomic E-state index is 0.518. The molecule has 0 unspecified atom stereocenters. The lowest BCUT2D eigenvalue weighted by Gasteiger charge is -1.94. The Labute approximate surface area is 92.2 Å². The van der Waals surface area contributed by atoms with Crippen molar-refractivity contribution in [1.29, 1.82) is 0 Å². The first-order chi connectivity index (χ1) is 6.27. The summed E-state index contributed by atoms with van der Waals surface area (Å²) in [5, 5.41) is 0.518. The van der Waals surface area contributed by atoms with Crippen LogP contribution in [0.3, 0.4) is 0 Å². The van der Waals surface area contributed by atoms with Gasteiger partial charge in [0.2, 0.25) is 0 Å². The van der Waals surface area contributed by atoms with Crippen LogP contribution >= 0.6 is 34.2 Å². The van der Waals surface area contributed by atoms with Gasteiger partial charge in [-0.05, 0) is 34.7 Å². The highest BCUT2D eigenvalue weighted by atomic mass is 127. The molecule has 3 aromatic rings. The van der Waals surface area contributed by atoms with Gasteiger partial charge in [0.15, 0.2) is 10.8 Å². The first kappa shape index (κ1) is 7.75. The number of pyridine rings is 1. The van der Waals surface area contributed by atoms with Gasteiger partial charge in [0, 0.05) is 0 Å². The third-order valence-electron chi connectivity index (χ3n) is 2.01. The standard InChI is InChI=1S/C8H3ClIN3/c9-7-5-3-11-8-4(10)1-2-6(12-7)13(5)8/h1-3H. The molecule has 0 N–H and O–H groups in total. The molecule has 64 valence electrons.